The van der Waals surface area contributed by atoms with Crippen molar-refractivity contribution in [3.63, 3.8) is 0 Å². The number of imidazole rings is 1. The van der Waals surface area contributed by atoms with Crippen molar-refractivity contribution in [2.45, 2.75) is 114 Å². The van der Waals surface area contributed by atoms with E-state index in [1.54, 1.807) is 12.3 Å². The lowest BCUT2D eigenvalue weighted by Gasteiger charge is -2.48. The minimum absolute atomic E-state index is 0.117. The Bertz CT molecular complexity index is 2020. The van der Waals surface area contributed by atoms with E-state index in [4.69, 9.17) is 9.97 Å². The van der Waals surface area contributed by atoms with Crippen LogP contribution >= 0.6 is 0 Å². The highest BCUT2D eigenvalue weighted by atomic mass is 19.1. The Labute approximate surface area is 311 Å². The summed E-state index contributed by atoms with van der Waals surface area (Å²) in [6.45, 7) is 7.71. The van der Waals surface area contributed by atoms with Crippen LogP contribution in [0.1, 0.15) is 103 Å². The molecule has 2 saturated heterocycles. The zero-order valence-corrected chi connectivity index (χ0v) is 31.1. The van der Waals surface area contributed by atoms with Crippen molar-refractivity contribution in [1.29, 1.82) is 0 Å². The van der Waals surface area contributed by atoms with Gasteiger partial charge in [-0.1, -0.05) is 37.8 Å². The van der Waals surface area contributed by atoms with Crippen LogP contribution < -0.4 is 10.2 Å². The number of likely N-dealkylation sites (tertiary alicyclic amines) is 2. The average molecular weight is 719 g/mol. The summed E-state index contributed by atoms with van der Waals surface area (Å²) in [6.07, 6.45) is 17.1. The number of nitrogens with one attached hydrogen (secondary N) is 1. The number of pyridine rings is 2. The molecule has 3 aliphatic heterocycles. The fourth-order valence-electron chi connectivity index (χ4n) is 9.95. The molecule has 2 amide bonds. The third-order valence-electron chi connectivity index (χ3n) is 13.1. The van der Waals surface area contributed by atoms with Crippen LogP contribution in [-0.2, 0) is 15.0 Å². The van der Waals surface area contributed by atoms with Crippen molar-refractivity contribution in [3.8, 4) is 11.3 Å². The van der Waals surface area contributed by atoms with Crippen LogP contribution in [-0.4, -0.2) is 79.4 Å². The fourth-order valence-corrected chi connectivity index (χ4v) is 9.95. The van der Waals surface area contributed by atoms with Crippen molar-refractivity contribution in [3.05, 3.63) is 60.4 Å². The van der Waals surface area contributed by atoms with Crippen LogP contribution in [0.25, 0.3) is 22.3 Å². The summed E-state index contributed by atoms with van der Waals surface area (Å²) in [7, 11) is 0. The molecule has 0 bridgehead atoms. The molecule has 278 valence electrons. The number of halogens is 1. The van der Waals surface area contributed by atoms with E-state index in [0.717, 1.165) is 79.5 Å². The van der Waals surface area contributed by atoms with Crippen molar-refractivity contribution < 1.29 is 14.0 Å². The number of rotatable bonds is 7. The van der Waals surface area contributed by atoms with Gasteiger partial charge in [-0.2, -0.15) is 0 Å². The van der Waals surface area contributed by atoms with Crippen molar-refractivity contribution in [1.82, 2.24) is 29.3 Å². The second-order valence-corrected chi connectivity index (χ2v) is 16.5. The number of benzene rings is 1. The molecule has 0 atom stereocenters. The smallest absolute Gasteiger partial charge is 0.238 e. The van der Waals surface area contributed by atoms with Gasteiger partial charge in [0.1, 0.15) is 5.52 Å². The summed E-state index contributed by atoms with van der Waals surface area (Å²) in [6, 6.07) is 10.8. The molecule has 11 heteroatoms. The Morgan fingerprint density at radius 3 is 2.43 bits per heavy atom. The lowest BCUT2D eigenvalue weighted by atomic mass is 9.73. The Balaban J connectivity index is 1.07. The predicted molar refractivity (Wildman–Crippen MR) is 205 cm³/mol. The molecule has 4 fully saturated rings. The van der Waals surface area contributed by atoms with Gasteiger partial charge in [0.25, 0.3) is 0 Å². The van der Waals surface area contributed by atoms with Gasteiger partial charge >= 0.3 is 0 Å². The van der Waals surface area contributed by atoms with Crippen molar-refractivity contribution >= 4 is 40.0 Å². The second kappa shape index (κ2) is 13.8. The van der Waals surface area contributed by atoms with Gasteiger partial charge in [0.05, 0.1) is 34.8 Å². The number of hydrogen-bond donors (Lipinski definition) is 1. The average Bonchev–Trinajstić information content (AvgIpc) is 3.70. The number of anilines is 3. The first kappa shape index (κ1) is 34.4. The molecule has 10 nitrogen and oxygen atoms in total. The molecule has 1 aromatic carbocycles. The number of nitrogens with zero attached hydrogens (tertiary/aromatic N) is 7. The van der Waals surface area contributed by atoms with Gasteiger partial charge < -0.3 is 24.6 Å². The van der Waals surface area contributed by atoms with E-state index in [0.29, 0.717) is 49.4 Å². The Hall–Kier alpha value is -4.38. The van der Waals surface area contributed by atoms with Crippen molar-refractivity contribution in [2.75, 3.05) is 36.4 Å². The van der Waals surface area contributed by atoms with Gasteiger partial charge in [0, 0.05) is 54.6 Å². The number of carbonyl (C=O) groups excluding carboxylic acids is 2. The van der Waals surface area contributed by atoms with Crippen LogP contribution in [0.3, 0.4) is 0 Å². The van der Waals surface area contributed by atoms with Crippen LogP contribution in [0.2, 0.25) is 0 Å². The van der Waals surface area contributed by atoms with E-state index in [1.807, 2.05) is 17.0 Å². The van der Waals surface area contributed by atoms with Gasteiger partial charge in [0.15, 0.2) is 11.6 Å². The normalized spacial score (nSPS) is 23.5. The zero-order chi connectivity index (χ0) is 36.3. The number of amides is 2. The molecule has 53 heavy (non-hydrogen) atoms. The van der Waals surface area contributed by atoms with Crippen LogP contribution in [0.5, 0.6) is 0 Å². The van der Waals surface area contributed by atoms with E-state index in [9.17, 15) is 14.0 Å². The maximum atomic E-state index is 14.9. The third kappa shape index (κ3) is 5.99. The van der Waals surface area contributed by atoms with E-state index in [2.05, 4.69) is 57.0 Å². The lowest BCUT2D eigenvalue weighted by molar-refractivity contribution is -0.140. The molecular weight excluding hydrogens is 668 g/mol. The quantitative estimate of drug-likeness (QED) is 0.209. The zero-order valence-electron chi connectivity index (χ0n) is 31.1. The monoisotopic (exact) mass is 718 g/mol. The van der Waals surface area contributed by atoms with Gasteiger partial charge in [-0.3, -0.25) is 14.6 Å². The van der Waals surface area contributed by atoms with E-state index in [1.165, 1.54) is 31.9 Å². The SMILES string of the molecule is CC(C)n1cnc2cc(-c3ccc4c(c3)N(C3CC(N5CCCCC5)C3)C(=O)C43CCN(C(=O)C4CCCCC4)CC3)nc(Nc3ccncc3F)c21. The van der Waals surface area contributed by atoms with E-state index in [-0.39, 0.29) is 29.6 Å². The van der Waals surface area contributed by atoms with Crippen LogP contribution in [0, 0.1) is 11.7 Å². The lowest BCUT2D eigenvalue weighted by Crippen LogP contribution is -2.58. The standard InChI is InChI=1S/C42H51FN8O2/c1-27(2)50-26-45-36-24-35(47-39(38(36)50)46-34-13-16-44-25-33(34)43)29-11-12-32-37(21-29)51(31-22-30(23-31)48-17-7-4-8-18-48)41(53)42(32)14-19-49(20-15-42)40(52)28-9-5-3-6-10-28/h11-13,16,21,24-28,30-31H,3-10,14-15,17-20,22-23H2,1-2H3,(H,44,46,47). The van der Waals surface area contributed by atoms with Gasteiger partial charge in [0.2, 0.25) is 11.8 Å². The molecular formula is C42H51FN8O2. The number of hydrogen-bond acceptors (Lipinski definition) is 7. The molecule has 2 aliphatic carbocycles. The maximum Gasteiger partial charge on any atom is 0.238 e. The minimum Gasteiger partial charge on any atom is -0.342 e. The maximum absolute atomic E-state index is 14.9. The first-order valence-electron chi connectivity index (χ1n) is 20.1. The summed E-state index contributed by atoms with van der Waals surface area (Å²) in [5.41, 5.74) is 4.85. The minimum atomic E-state index is -0.633. The van der Waals surface area contributed by atoms with Gasteiger partial charge in [-0.15, -0.1) is 0 Å². The van der Waals surface area contributed by atoms with Crippen LogP contribution in [0.15, 0.2) is 49.1 Å². The molecule has 0 unspecified atom stereocenters. The third-order valence-corrected chi connectivity index (χ3v) is 13.1. The molecule has 1 N–H and O–H groups in total. The highest BCUT2D eigenvalue weighted by Crippen LogP contribution is 2.52. The Morgan fingerprint density at radius 1 is 0.943 bits per heavy atom. The molecule has 5 aliphatic rings. The number of piperidine rings is 2. The molecule has 0 radical (unpaired) electrons. The van der Waals surface area contributed by atoms with E-state index >= 15 is 0 Å². The highest BCUT2D eigenvalue weighted by molar-refractivity contribution is 6.09. The number of fused-ring (bicyclic) bond motifs is 3. The summed E-state index contributed by atoms with van der Waals surface area (Å²) < 4.78 is 16.9. The van der Waals surface area contributed by atoms with Crippen molar-refractivity contribution in [2.24, 2.45) is 5.92 Å². The highest BCUT2D eigenvalue weighted by Gasteiger charge is 2.56. The first-order valence-corrected chi connectivity index (χ1v) is 20.1. The predicted octanol–water partition coefficient (Wildman–Crippen LogP) is 7.76. The topological polar surface area (TPSA) is 99.5 Å². The number of aromatic nitrogens is 4. The molecule has 6 heterocycles. The molecule has 2 saturated carbocycles. The summed E-state index contributed by atoms with van der Waals surface area (Å²) in [5.74, 6) is 0.674. The molecule has 4 aromatic rings. The molecule has 3 aromatic heterocycles. The summed E-state index contributed by atoms with van der Waals surface area (Å²) in [5, 5.41) is 3.24. The Kier molecular flexibility index (Phi) is 8.95. The second-order valence-electron chi connectivity index (χ2n) is 16.5. The van der Waals surface area contributed by atoms with Gasteiger partial charge in [-0.05, 0) is 102 Å². The fraction of sp³-hybridized carbons (Fsp3) is 0.548. The molecule has 1 spiro atoms. The Morgan fingerprint density at radius 2 is 1.70 bits per heavy atom. The summed E-state index contributed by atoms with van der Waals surface area (Å²) in [4.78, 5) is 49.1. The number of carbonyl (C=O) groups is 2. The first-order chi connectivity index (χ1) is 25.8. The largest absolute Gasteiger partial charge is 0.342 e. The van der Waals surface area contributed by atoms with Crippen LogP contribution in [0.4, 0.5) is 21.6 Å². The van der Waals surface area contributed by atoms with Gasteiger partial charge in [-0.25, -0.2) is 14.4 Å². The van der Waals surface area contributed by atoms with E-state index < -0.39 is 11.2 Å². The summed E-state index contributed by atoms with van der Waals surface area (Å²) >= 11 is 0. The molecule has 9 rings (SSSR count).